The Bertz CT molecular complexity index is 311. The number of anilines is 1. The van der Waals surface area contributed by atoms with Crippen molar-refractivity contribution >= 4 is 11.6 Å². The second kappa shape index (κ2) is 11.1. The van der Waals surface area contributed by atoms with Gasteiger partial charge in [0.25, 0.3) is 0 Å². The normalized spacial score (nSPS) is 8.47. The molecule has 98 valence electrons. The van der Waals surface area contributed by atoms with Crippen molar-refractivity contribution in [1.82, 2.24) is 5.32 Å². The molecule has 1 aromatic carbocycles. The van der Waals surface area contributed by atoms with Crippen LogP contribution in [0.3, 0.4) is 0 Å². The Kier molecular flexibility index (Phi) is 11.8. The van der Waals surface area contributed by atoms with Crippen molar-refractivity contribution in [2.24, 2.45) is 0 Å². The summed E-state index contributed by atoms with van der Waals surface area (Å²) in [5, 5.41) is 5.85. The van der Waals surface area contributed by atoms with E-state index in [9.17, 15) is 4.79 Å². The number of rotatable bonds is 4. The molecule has 0 unspecified atom stereocenters. The predicted molar refractivity (Wildman–Crippen MR) is 76.5 cm³/mol. The van der Waals surface area contributed by atoms with Gasteiger partial charge in [0, 0.05) is 12.6 Å². The van der Waals surface area contributed by atoms with E-state index in [-0.39, 0.29) is 13.3 Å². The smallest absolute Gasteiger partial charge is 0.221 e. The van der Waals surface area contributed by atoms with Crippen LogP contribution in [-0.4, -0.2) is 19.5 Å². The number of hydrogen-bond acceptors (Lipinski definition) is 2. The number of carbonyl (C=O) groups excluding carboxylic acids is 1. The van der Waals surface area contributed by atoms with Crippen molar-refractivity contribution < 1.29 is 4.79 Å². The van der Waals surface area contributed by atoms with Gasteiger partial charge in [-0.1, -0.05) is 33.4 Å². The topological polar surface area (TPSA) is 41.1 Å². The molecule has 0 saturated heterocycles. The summed E-state index contributed by atoms with van der Waals surface area (Å²) in [7, 11) is 1.93. The van der Waals surface area contributed by atoms with Gasteiger partial charge in [-0.15, -0.1) is 0 Å². The van der Waals surface area contributed by atoms with E-state index >= 15 is 0 Å². The van der Waals surface area contributed by atoms with Gasteiger partial charge in [-0.25, -0.2) is 0 Å². The van der Waals surface area contributed by atoms with Gasteiger partial charge in [0.15, 0.2) is 0 Å². The lowest BCUT2D eigenvalue weighted by Gasteiger charge is -2.05. The molecule has 0 saturated carbocycles. The highest BCUT2D eigenvalue weighted by Crippen LogP contribution is 2.10. The van der Waals surface area contributed by atoms with Gasteiger partial charge >= 0.3 is 0 Å². The third-order valence-corrected chi connectivity index (χ3v) is 1.91. The largest absolute Gasteiger partial charge is 0.326 e. The fraction of sp³-hybridized carbons (Fsp3) is 0.500. The van der Waals surface area contributed by atoms with E-state index in [1.54, 1.807) is 0 Å². The first-order chi connectivity index (χ1) is 7.72. The molecule has 0 radical (unpaired) electrons. The standard InChI is InChI=1S/C11H16N2O.C2H6.CH4/c1-9(14)13-11-5-3-4-10(8-11)6-7-12-2;1-2;/h3-5,8,12H,6-7H2,1-2H3,(H,13,14);1-2H3;1H4. The Morgan fingerprint density at radius 3 is 2.47 bits per heavy atom. The zero-order chi connectivity index (χ0) is 12.4. The first-order valence-corrected chi connectivity index (χ1v) is 5.73. The molecule has 0 aromatic heterocycles. The summed E-state index contributed by atoms with van der Waals surface area (Å²) in [5.74, 6) is -0.0317. The number of nitrogens with one attached hydrogen (secondary N) is 2. The molecule has 0 aliphatic heterocycles. The maximum absolute atomic E-state index is 10.8. The van der Waals surface area contributed by atoms with Crippen LogP contribution in [-0.2, 0) is 11.2 Å². The first kappa shape index (κ1) is 18.0. The molecule has 3 nitrogen and oxygen atoms in total. The van der Waals surface area contributed by atoms with Crippen LogP contribution in [0.2, 0.25) is 0 Å². The van der Waals surface area contributed by atoms with Crippen LogP contribution in [0, 0.1) is 0 Å². The molecule has 0 heterocycles. The average molecular weight is 238 g/mol. The third kappa shape index (κ3) is 8.46. The quantitative estimate of drug-likeness (QED) is 0.846. The molecule has 1 aromatic rings. The van der Waals surface area contributed by atoms with Crippen molar-refractivity contribution in [3.05, 3.63) is 29.8 Å². The van der Waals surface area contributed by atoms with Gasteiger partial charge in [0.2, 0.25) is 5.91 Å². The minimum Gasteiger partial charge on any atom is -0.326 e. The lowest BCUT2D eigenvalue weighted by Crippen LogP contribution is -2.11. The molecule has 17 heavy (non-hydrogen) atoms. The van der Waals surface area contributed by atoms with E-state index < -0.39 is 0 Å². The van der Waals surface area contributed by atoms with Gasteiger partial charge in [-0.3, -0.25) is 4.79 Å². The van der Waals surface area contributed by atoms with E-state index in [1.807, 2.05) is 39.1 Å². The summed E-state index contributed by atoms with van der Waals surface area (Å²) in [5.41, 5.74) is 2.09. The van der Waals surface area contributed by atoms with Crippen molar-refractivity contribution in [2.45, 2.75) is 34.6 Å². The van der Waals surface area contributed by atoms with Crippen LogP contribution in [0.15, 0.2) is 24.3 Å². The van der Waals surface area contributed by atoms with Gasteiger partial charge in [-0.2, -0.15) is 0 Å². The molecule has 3 heteroatoms. The molecule has 1 rings (SSSR count). The predicted octanol–water partition coefficient (Wildman–Crippen LogP) is 3.07. The third-order valence-electron chi connectivity index (χ3n) is 1.91. The number of likely N-dealkylation sites (N-methyl/N-ethyl adjacent to an activating group) is 1. The number of carbonyl (C=O) groups is 1. The fourth-order valence-corrected chi connectivity index (χ4v) is 1.28. The molecule has 0 bridgehead atoms. The molecular weight excluding hydrogens is 212 g/mol. The van der Waals surface area contributed by atoms with Crippen molar-refractivity contribution in [2.75, 3.05) is 18.9 Å². The van der Waals surface area contributed by atoms with Crippen LogP contribution < -0.4 is 10.6 Å². The van der Waals surface area contributed by atoms with Gasteiger partial charge in [0.05, 0.1) is 0 Å². The molecule has 1 amide bonds. The van der Waals surface area contributed by atoms with Gasteiger partial charge < -0.3 is 10.6 Å². The molecule has 0 spiro atoms. The summed E-state index contributed by atoms with van der Waals surface area (Å²) < 4.78 is 0. The monoisotopic (exact) mass is 238 g/mol. The van der Waals surface area contributed by atoms with Crippen molar-refractivity contribution in [1.29, 1.82) is 0 Å². The van der Waals surface area contributed by atoms with Crippen molar-refractivity contribution in [3.63, 3.8) is 0 Å². The minimum atomic E-state index is -0.0317. The Morgan fingerprint density at radius 2 is 1.94 bits per heavy atom. The summed E-state index contributed by atoms with van der Waals surface area (Å²) in [6.45, 7) is 6.46. The fourth-order valence-electron chi connectivity index (χ4n) is 1.28. The van der Waals surface area contributed by atoms with Crippen LogP contribution in [0.4, 0.5) is 5.69 Å². The highest BCUT2D eigenvalue weighted by atomic mass is 16.1. The second-order valence-corrected chi connectivity index (χ2v) is 3.24. The van der Waals surface area contributed by atoms with E-state index in [4.69, 9.17) is 0 Å². The lowest BCUT2D eigenvalue weighted by molar-refractivity contribution is -0.114. The molecule has 0 atom stereocenters. The second-order valence-electron chi connectivity index (χ2n) is 3.24. The Hall–Kier alpha value is -1.35. The van der Waals surface area contributed by atoms with Crippen LogP contribution >= 0.6 is 0 Å². The molecule has 0 aliphatic carbocycles. The highest BCUT2D eigenvalue weighted by Gasteiger charge is 1.96. The summed E-state index contributed by atoms with van der Waals surface area (Å²) >= 11 is 0. The maximum Gasteiger partial charge on any atom is 0.221 e. The summed E-state index contributed by atoms with van der Waals surface area (Å²) in [6.07, 6.45) is 0.976. The van der Waals surface area contributed by atoms with Gasteiger partial charge in [-0.05, 0) is 37.7 Å². The number of amides is 1. The number of hydrogen-bond donors (Lipinski definition) is 2. The first-order valence-electron chi connectivity index (χ1n) is 5.73. The zero-order valence-corrected chi connectivity index (χ0v) is 10.6. The summed E-state index contributed by atoms with van der Waals surface area (Å²) in [6, 6.07) is 7.90. The lowest BCUT2D eigenvalue weighted by atomic mass is 10.1. The maximum atomic E-state index is 10.8. The van der Waals surface area contributed by atoms with E-state index in [0.29, 0.717) is 0 Å². The average Bonchev–Trinajstić information content (AvgIpc) is 2.29. The Labute approximate surface area is 106 Å². The molecule has 0 aliphatic rings. The highest BCUT2D eigenvalue weighted by molar-refractivity contribution is 5.88. The van der Waals surface area contributed by atoms with E-state index in [1.165, 1.54) is 12.5 Å². The van der Waals surface area contributed by atoms with E-state index in [0.717, 1.165) is 18.7 Å². The molecule has 0 fully saturated rings. The van der Waals surface area contributed by atoms with Crippen LogP contribution in [0.1, 0.15) is 33.8 Å². The molecule has 2 N–H and O–H groups in total. The van der Waals surface area contributed by atoms with Crippen LogP contribution in [0.5, 0.6) is 0 Å². The number of benzene rings is 1. The minimum absolute atomic E-state index is 0. The van der Waals surface area contributed by atoms with Gasteiger partial charge in [0.1, 0.15) is 0 Å². The molecular formula is C14H26N2O. The van der Waals surface area contributed by atoms with Crippen molar-refractivity contribution in [3.8, 4) is 0 Å². The SMILES string of the molecule is C.CC.CNCCc1cccc(NC(C)=O)c1. The van der Waals surface area contributed by atoms with E-state index in [2.05, 4.69) is 16.7 Å². The summed E-state index contributed by atoms with van der Waals surface area (Å²) in [4.78, 5) is 10.8. The van der Waals surface area contributed by atoms with Crippen LogP contribution in [0.25, 0.3) is 0 Å². The Balaban J connectivity index is 0. The Morgan fingerprint density at radius 1 is 1.29 bits per heavy atom. The zero-order valence-electron chi connectivity index (χ0n) is 10.6.